The number of sulfonamides is 1. The van der Waals surface area contributed by atoms with Gasteiger partial charge in [0.05, 0.1) is 4.90 Å². The molecule has 2 aromatic rings. The molecule has 1 amide bonds. The molecular formula is C18H20F3N3O3S. The highest BCUT2D eigenvalue weighted by Gasteiger charge is 2.42. The fourth-order valence-corrected chi connectivity index (χ4v) is 5.06. The van der Waals surface area contributed by atoms with Gasteiger partial charge in [-0.05, 0) is 18.6 Å². The summed E-state index contributed by atoms with van der Waals surface area (Å²) in [5.74, 6) is -2.06. The molecule has 10 heteroatoms. The SMILES string of the molecule is CN(C)c1cccc2c(S(=O)(=O)N3CCC(NC(=O)C(F)(F)F)C3)cccc12. The van der Waals surface area contributed by atoms with Gasteiger partial charge in [0.1, 0.15) is 0 Å². The molecule has 0 aliphatic carbocycles. The fraction of sp³-hybridized carbons (Fsp3) is 0.389. The zero-order valence-corrected chi connectivity index (χ0v) is 16.1. The first-order chi connectivity index (χ1) is 13.0. The number of halogens is 3. The Balaban J connectivity index is 1.90. The van der Waals surface area contributed by atoms with Gasteiger partial charge in [-0.25, -0.2) is 8.42 Å². The molecule has 2 aromatic carbocycles. The monoisotopic (exact) mass is 415 g/mol. The zero-order chi connectivity index (χ0) is 20.7. The standard InChI is InChI=1S/C18H20F3N3O3S/c1-23(2)15-7-3-6-14-13(15)5-4-8-16(14)28(26,27)24-10-9-12(11-24)22-17(25)18(19,20)21/h3-8,12H,9-11H2,1-2H3,(H,22,25). The Morgan fingerprint density at radius 3 is 2.43 bits per heavy atom. The van der Waals surface area contributed by atoms with E-state index in [1.807, 2.05) is 36.4 Å². The molecule has 3 rings (SSSR count). The van der Waals surface area contributed by atoms with E-state index in [0.717, 1.165) is 15.4 Å². The van der Waals surface area contributed by atoms with E-state index in [-0.39, 0.29) is 24.4 Å². The molecule has 0 saturated carbocycles. The molecule has 1 atom stereocenters. The number of nitrogens with zero attached hydrogens (tertiary/aromatic N) is 2. The molecule has 0 radical (unpaired) electrons. The summed E-state index contributed by atoms with van der Waals surface area (Å²) >= 11 is 0. The third kappa shape index (κ3) is 3.79. The number of amides is 1. The van der Waals surface area contributed by atoms with Gasteiger partial charge in [0.2, 0.25) is 10.0 Å². The lowest BCUT2D eigenvalue weighted by Crippen LogP contribution is -2.44. The van der Waals surface area contributed by atoms with Gasteiger partial charge in [0.25, 0.3) is 0 Å². The van der Waals surface area contributed by atoms with Gasteiger partial charge in [-0.1, -0.05) is 24.3 Å². The lowest BCUT2D eigenvalue weighted by Gasteiger charge is -2.20. The molecule has 0 spiro atoms. The number of rotatable bonds is 4. The molecule has 1 N–H and O–H groups in total. The van der Waals surface area contributed by atoms with Gasteiger partial charge in [0.15, 0.2) is 0 Å². The Hall–Kier alpha value is -2.33. The average molecular weight is 415 g/mol. The Labute approximate surface area is 161 Å². The molecule has 1 heterocycles. The number of hydrogen-bond acceptors (Lipinski definition) is 4. The van der Waals surface area contributed by atoms with Crippen molar-refractivity contribution in [1.82, 2.24) is 9.62 Å². The number of fused-ring (bicyclic) bond motifs is 1. The van der Waals surface area contributed by atoms with Gasteiger partial charge in [-0.3, -0.25) is 4.79 Å². The molecule has 1 aliphatic heterocycles. The van der Waals surface area contributed by atoms with E-state index in [1.165, 1.54) is 6.07 Å². The van der Waals surface area contributed by atoms with Crippen LogP contribution < -0.4 is 10.2 Å². The first-order valence-corrected chi connectivity index (χ1v) is 10.0. The van der Waals surface area contributed by atoms with Crippen LogP contribution in [0.1, 0.15) is 6.42 Å². The van der Waals surface area contributed by atoms with E-state index in [0.29, 0.717) is 5.39 Å². The van der Waals surface area contributed by atoms with Crippen molar-refractivity contribution in [2.24, 2.45) is 0 Å². The smallest absolute Gasteiger partial charge is 0.377 e. The van der Waals surface area contributed by atoms with Crippen molar-refractivity contribution in [2.75, 3.05) is 32.1 Å². The van der Waals surface area contributed by atoms with E-state index < -0.39 is 28.1 Å². The average Bonchev–Trinajstić information content (AvgIpc) is 3.09. The highest BCUT2D eigenvalue weighted by molar-refractivity contribution is 7.89. The lowest BCUT2D eigenvalue weighted by molar-refractivity contribution is -0.174. The lowest BCUT2D eigenvalue weighted by atomic mass is 10.1. The minimum absolute atomic E-state index is 0.0366. The number of benzene rings is 2. The van der Waals surface area contributed by atoms with Crippen LogP contribution in [0.15, 0.2) is 41.3 Å². The summed E-state index contributed by atoms with van der Waals surface area (Å²) in [6.45, 7) is -0.164. The first-order valence-electron chi connectivity index (χ1n) is 8.58. The minimum Gasteiger partial charge on any atom is -0.377 e. The van der Waals surface area contributed by atoms with Gasteiger partial charge >= 0.3 is 12.1 Å². The van der Waals surface area contributed by atoms with Crippen molar-refractivity contribution in [3.05, 3.63) is 36.4 Å². The molecule has 1 fully saturated rings. The fourth-order valence-electron chi connectivity index (χ4n) is 3.35. The summed E-state index contributed by atoms with van der Waals surface area (Å²) in [5.41, 5.74) is 0.853. The maximum atomic E-state index is 13.1. The Kier molecular flexibility index (Phi) is 5.28. The summed E-state index contributed by atoms with van der Waals surface area (Å²) < 4.78 is 64.7. The van der Waals surface area contributed by atoms with Crippen LogP contribution in [-0.2, 0) is 14.8 Å². The van der Waals surface area contributed by atoms with Crippen LogP contribution in [0.25, 0.3) is 10.8 Å². The third-order valence-electron chi connectivity index (χ3n) is 4.70. The van der Waals surface area contributed by atoms with Crippen molar-refractivity contribution in [2.45, 2.75) is 23.5 Å². The molecule has 28 heavy (non-hydrogen) atoms. The third-order valence-corrected chi connectivity index (χ3v) is 6.63. The van der Waals surface area contributed by atoms with Gasteiger partial charge in [-0.2, -0.15) is 17.5 Å². The second kappa shape index (κ2) is 7.25. The highest BCUT2D eigenvalue weighted by Crippen LogP contribution is 2.32. The summed E-state index contributed by atoms with van der Waals surface area (Å²) in [6.07, 6.45) is -4.88. The number of carbonyl (C=O) groups excluding carboxylic acids is 1. The summed E-state index contributed by atoms with van der Waals surface area (Å²) in [5, 5.41) is 3.15. The van der Waals surface area contributed by atoms with Crippen LogP contribution in [0.5, 0.6) is 0 Å². The highest BCUT2D eigenvalue weighted by atomic mass is 32.2. The first kappa shape index (κ1) is 20.4. The predicted molar refractivity (Wildman–Crippen MR) is 99.6 cm³/mol. The van der Waals surface area contributed by atoms with E-state index in [9.17, 15) is 26.4 Å². The normalized spacial score (nSPS) is 18.4. The predicted octanol–water partition coefficient (Wildman–Crippen LogP) is 2.35. The van der Waals surface area contributed by atoms with Crippen LogP contribution in [0, 0.1) is 0 Å². The van der Waals surface area contributed by atoms with Crippen LogP contribution in [-0.4, -0.2) is 58.0 Å². The number of hydrogen-bond donors (Lipinski definition) is 1. The van der Waals surface area contributed by atoms with Crippen molar-refractivity contribution < 1.29 is 26.4 Å². The van der Waals surface area contributed by atoms with E-state index in [1.54, 1.807) is 18.2 Å². The van der Waals surface area contributed by atoms with E-state index in [2.05, 4.69) is 0 Å². The maximum Gasteiger partial charge on any atom is 0.471 e. The molecule has 0 bridgehead atoms. The van der Waals surface area contributed by atoms with Crippen molar-refractivity contribution >= 4 is 32.4 Å². The van der Waals surface area contributed by atoms with E-state index >= 15 is 0 Å². The summed E-state index contributed by atoms with van der Waals surface area (Å²) in [6, 6.07) is 9.40. The Bertz CT molecular complexity index is 1010. The molecule has 1 aliphatic rings. The number of anilines is 1. The molecule has 6 nitrogen and oxygen atoms in total. The topological polar surface area (TPSA) is 69.7 Å². The van der Waals surface area contributed by atoms with Gasteiger partial charge in [-0.15, -0.1) is 0 Å². The van der Waals surface area contributed by atoms with Gasteiger partial charge < -0.3 is 10.2 Å². The number of carbonyl (C=O) groups is 1. The van der Waals surface area contributed by atoms with Crippen LogP contribution >= 0.6 is 0 Å². The number of alkyl halides is 3. The minimum atomic E-state index is -5.00. The maximum absolute atomic E-state index is 13.1. The molecular weight excluding hydrogens is 395 g/mol. The summed E-state index contributed by atoms with van der Waals surface area (Å²) in [4.78, 5) is 13.1. The molecule has 0 aromatic heterocycles. The Morgan fingerprint density at radius 1 is 1.14 bits per heavy atom. The van der Waals surface area contributed by atoms with Crippen LogP contribution in [0.3, 0.4) is 0 Å². The van der Waals surface area contributed by atoms with Crippen LogP contribution in [0.4, 0.5) is 18.9 Å². The van der Waals surface area contributed by atoms with Crippen molar-refractivity contribution in [3.63, 3.8) is 0 Å². The second-order valence-electron chi connectivity index (χ2n) is 6.84. The number of nitrogens with one attached hydrogen (secondary N) is 1. The molecule has 1 unspecified atom stereocenters. The quantitative estimate of drug-likeness (QED) is 0.832. The molecule has 152 valence electrons. The van der Waals surface area contributed by atoms with Crippen molar-refractivity contribution in [3.8, 4) is 0 Å². The van der Waals surface area contributed by atoms with E-state index in [4.69, 9.17) is 0 Å². The second-order valence-corrected chi connectivity index (χ2v) is 8.75. The largest absolute Gasteiger partial charge is 0.471 e. The van der Waals surface area contributed by atoms with Crippen LogP contribution in [0.2, 0.25) is 0 Å². The zero-order valence-electron chi connectivity index (χ0n) is 15.3. The molecule has 1 saturated heterocycles. The van der Waals surface area contributed by atoms with Crippen molar-refractivity contribution in [1.29, 1.82) is 0 Å². The Morgan fingerprint density at radius 2 is 1.79 bits per heavy atom. The summed E-state index contributed by atoms with van der Waals surface area (Å²) in [7, 11) is -0.227. The van der Waals surface area contributed by atoms with Gasteiger partial charge in [0, 0.05) is 49.7 Å².